The van der Waals surface area contributed by atoms with Crippen LogP contribution in [0.2, 0.25) is 10.0 Å². The quantitative estimate of drug-likeness (QED) is 0.815. The van der Waals surface area contributed by atoms with E-state index in [1.54, 1.807) is 7.11 Å². The number of halogens is 2. The van der Waals surface area contributed by atoms with Crippen LogP contribution in [0.5, 0.6) is 0 Å². The molecule has 1 aromatic carbocycles. The highest BCUT2D eigenvalue weighted by molar-refractivity contribution is 6.42. The lowest BCUT2D eigenvalue weighted by atomic mass is 9.93. The van der Waals surface area contributed by atoms with Gasteiger partial charge in [-0.1, -0.05) is 56.1 Å². The lowest BCUT2D eigenvalue weighted by molar-refractivity contribution is 0.0337. The number of benzene rings is 1. The molecule has 108 valence electrons. The van der Waals surface area contributed by atoms with Crippen LogP contribution in [-0.2, 0) is 11.2 Å². The van der Waals surface area contributed by atoms with Gasteiger partial charge in [-0.05, 0) is 30.5 Å². The second-order valence-electron chi connectivity index (χ2n) is 5.03. The topological polar surface area (TPSA) is 21.3 Å². The zero-order chi connectivity index (χ0) is 14.4. The van der Waals surface area contributed by atoms with Crippen molar-refractivity contribution >= 4 is 23.2 Å². The van der Waals surface area contributed by atoms with Crippen LogP contribution in [0.15, 0.2) is 18.2 Å². The SMILES string of the molecule is CCNC(Cc1cccc(Cl)c1Cl)C(OC)C(C)C. The van der Waals surface area contributed by atoms with Crippen molar-refractivity contribution in [3.05, 3.63) is 33.8 Å². The smallest absolute Gasteiger partial charge is 0.0750 e. The first-order valence-electron chi connectivity index (χ1n) is 6.70. The Kier molecular flexibility index (Phi) is 7.16. The molecule has 0 aliphatic heterocycles. The molecule has 0 aromatic heterocycles. The summed E-state index contributed by atoms with van der Waals surface area (Å²) in [6.07, 6.45) is 0.958. The maximum atomic E-state index is 6.26. The Morgan fingerprint density at radius 2 is 1.95 bits per heavy atom. The Labute approximate surface area is 126 Å². The normalized spacial score (nSPS) is 14.7. The molecule has 19 heavy (non-hydrogen) atoms. The van der Waals surface area contributed by atoms with E-state index >= 15 is 0 Å². The summed E-state index contributed by atoms with van der Waals surface area (Å²) in [6, 6.07) is 5.99. The number of methoxy groups -OCH3 is 1. The van der Waals surface area contributed by atoms with Gasteiger partial charge in [0, 0.05) is 13.2 Å². The van der Waals surface area contributed by atoms with Gasteiger partial charge in [0.1, 0.15) is 0 Å². The van der Waals surface area contributed by atoms with E-state index in [1.165, 1.54) is 0 Å². The van der Waals surface area contributed by atoms with Gasteiger partial charge >= 0.3 is 0 Å². The van der Waals surface area contributed by atoms with Crippen molar-refractivity contribution in [1.29, 1.82) is 0 Å². The number of ether oxygens (including phenoxy) is 1. The van der Waals surface area contributed by atoms with Crippen LogP contribution in [0.25, 0.3) is 0 Å². The first kappa shape index (κ1) is 16.8. The van der Waals surface area contributed by atoms with E-state index in [0.717, 1.165) is 18.5 Å². The summed E-state index contributed by atoms with van der Waals surface area (Å²) < 4.78 is 5.63. The van der Waals surface area contributed by atoms with Crippen LogP contribution in [-0.4, -0.2) is 25.8 Å². The van der Waals surface area contributed by atoms with E-state index in [0.29, 0.717) is 16.0 Å². The average Bonchev–Trinajstić information content (AvgIpc) is 2.35. The molecule has 0 amide bonds. The Balaban J connectivity index is 2.91. The standard InChI is InChI=1S/C15H23Cl2NO/c1-5-18-13(15(19-4)10(2)3)9-11-7-6-8-12(16)14(11)17/h6-8,10,13,15,18H,5,9H2,1-4H3. The molecular weight excluding hydrogens is 281 g/mol. The van der Waals surface area contributed by atoms with Crippen molar-refractivity contribution < 1.29 is 4.74 Å². The third-order valence-electron chi connectivity index (χ3n) is 3.26. The third-order valence-corrected chi connectivity index (χ3v) is 4.12. The van der Waals surface area contributed by atoms with Crippen molar-refractivity contribution in [2.24, 2.45) is 5.92 Å². The molecule has 2 nitrogen and oxygen atoms in total. The maximum Gasteiger partial charge on any atom is 0.0750 e. The molecule has 0 fully saturated rings. The fraction of sp³-hybridized carbons (Fsp3) is 0.600. The van der Waals surface area contributed by atoms with E-state index < -0.39 is 0 Å². The molecular formula is C15H23Cl2NO. The Morgan fingerprint density at radius 1 is 1.26 bits per heavy atom. The van der Waals surface area contributed by atoms with Crippen molar-refractivity contribution in [3.63, 3.8) is 0 Å². The lowest BCUT2D eigenvalue weighted by Gasteiger charge is -2.30. The average molecular weight is 304 g/mol. The maximum absolute atomic E-state index is 6.26. The molecule has 0 radical (unpaired) electrons. The summed E-state index contributed by atoms with van der Waals surface area (Å²) in [4.78, 5) is 0. The van der Waals surface area contributed by atoms with E-state index in [1.807, 2.05) is 18.2 Å². The van der Waals surface area contributed by atoms with Crippen molar-refractivity contribution in [1.82, 2.24) is 5.32 Å². The predicted octanol–water partition coefficient (Wildman–Crippen LogP) is 4.19. The van der Waals surface area contributed by atoms with Crippen LogP contribution < -0.4 is 5.32 Å². The van der Waals surface area contributed by atoms with Gasteiger partial charge in [0.25, 0.3) is 0 Å². The lowest BCUT2D eigenvalue weighted by Crippen LogP contribution is -2.45. The van der Waals surface area contributed by atoms with Gasteiger partial charge in [0.05, 0.1) is 16.1 Å². The summed E-state index contributed by atoms with van der Waals surface area (Å²) >= 11 is 12.3. The van der Waals surface area contributed by atoms with Gasteiger partial charge in [-0.25, -0.2) is 0 Å². The summed E-state index contributed by atoms with van der Waals surface area (Å²) in [5, 5.41) is 4.73. The van der Waals surface area contributed by atoms with E-state index in [9.17, 15) is 0 Å². The zero-order valence-corrected chi connectivity index (χ0v) is 13.6. The van der Waals surface area contributed by atoms with Gasteiger partial charge in [0.15, 0.2) is 0 Å². The molecule has 0 spiro atoms. The molecule has 1 aromatic rings. The summed E-state index contributed by atoms with van der Waals surface area (Å²) in [5.74, 6) is 0.437. The molecule has 2 unspecified atom stereocenters. The Hall–Kier alpha value is -0.280. The fourth-order valence-electron chi connectivity index (χ4n) is 2.41. The van der Waals surface area contributed by atoms with Gasteiger partial charge in [-0.3, -0.25) is 0 Å². The second kappa shape index (κ2) is 8.11. The molecule has 0 heterocycles. The minimum atomic E-state index is 0.148. The molecule has 2 atom stereocenters. The minimum absolute atomic E-state index is 0.148. The highest BCUT2D eigenvalue weighted by atomic mass is 35.5. The number of nitrogens with one attached hydrogen (secondary N) is 1. The predicted molar refractivity (Wildman–Crippen MR) is 83.3 cm³/mol. The Morgan fingerprint density at radius 3 is 2.47 bits per heavy atom. The molecule has 1 rings (SSSR count). The van der Waals surface area contributed by atoms with E-state index in [-0.39, 0.29) is 12.1 Å². The van der Waals surface area contributed by atoms with Gasteiger partial charge in [-0.15, -0.1) is 0 Å². The number of likely N-dealkylation sites (N-methyl/N-ethyl adjacent to an activating group) is 1. The van der Waals surface area contributed by atoms with E-state index in [4.69, 9.17) is 27.9 Å². The van der Waals surface area contributed by atoms with Gasteiger partial charge in [-0.2, -0.15) is 0 Å². The minimum Gasteiger partial charge on any atom is -0.380 e. The van der Waals surface area contributed by atoms with Crippen molar-refractivity contribution in [2.45, 2.75) is 39.3 Å². The fourth-order valence-corrected chi connectivity index (χ4v) is 2.81. The molecule has 0 bridgehead atoms. The first-order chi connectivity index (χ1) is 9.01. The summed E-state index contributed by atoms with van der Waals surface area (Å²) in [6.45, 7) is 7.32. The summed E-state index contributed by atoms with van der Waals surface area (Å²) in [7, 11) is 1.76. The number of hydrogen-bond donors (Lipinski definition) is 1. The van der Waals surface area contributed by atoms with Gasteiger partial charge < -0.3 is 10.1 Å². The molecule has 0 aliphatic carbocycles. The van der Waals surface area contributed by atoms with Crippen LogP contribution in [0.1, 0.15) is 26.3 Å². The Bertz CT molecular complexity index is 396. The zero-order valence-electron chi connectivity index (χ0n) is 12.0. The van der Waals surface area contributed by atoms with Crippen LogP contribution in [0, 0.1) is 5.92 Å². The molecule has 0 aliphatic rings. The highest BCUT2D eigenvalue weighted by Crippen LogP contribution is 2.27. The first-order valence-corrected chi connectivity index (χ1v) is 7.45. The highest BCUT2D eigenvalue weighted by Gasteiger charge is 2.24. The summed E-state index contributed by atoms with van der Waals surface area (Å²) in [5.41, 5.74) is 1.06. The number of rotatable bonds is 7. The molecule has 1 N–H and O–H groups in total. The molecule has 0 saturated heterocycles. The monoisotopic (exact) mass is 303 g/mol. The largest absolute Gasteiger partial charge is 0.380 e. The van der Waals surface area contributed by atoms with E-state index in [2.05, 4.69) is 26.1 Å². The third kappa shape index (κ3) is 4.64. The van der Waals surface area contributed by atoms with Crippen molar-refractivity contribution in [2.75, 3.05) is 13.7 Å². The molecule has 4 heteroatoms. The molecule has 0 saturated carbocycles. The van der Waals surface area contributed by atoms with Crippen LogP contribution >= 0.6 is 23.2 Å². The van der Waals surface area contributed by atoms with Gasteiger partial charge in [0.2, 0.25) is 0 Å². The van der Waals surface area contributed by atoms with Crippen LogP contribution in [0.3, 0.4) is 0 Å². The van der Waals surface area contributed by atoms with Crippen molar-refractivity contribution in [3.8, 4) is 0 Å². The van der Waals surface area contributed by atoms with Crippen LogP contribution in [0.4, 0.5) is 0 Å². The number of hydrogen-bond acceptors (Lipinski definition) is 2. The second-order valence-corrected chi connectivity index (χ2v) is 5.81.